The van der Waals surface area contributed by atoms with Crippen LogP contribution in [0, 0.1) is 11.2 Å². The van der Waals surface area contributed by atoms with Gasteiger partial charge in [0.1, 0.15) is 21.5 Å². The Morgan fingerprint density at radius 2 is 2.12 bits per heavy atom. The highest BCUT2D eigenvalue weighted by molar-refractivity contribution is 7.90. The van der Waals surface area contributed by atoms with Crippen molar-refractivity contribution >= 4 is 50.1 Å². The molecule has 0 radical (unpaired) electrons. The minimum absolute atomic E-state index is 0.0481. The van der Waals surface area contributed by atoms with Gasteiger partial charge in [0.2, 0.25) is 5.95 Å². The van der Waals surface area contributed by atoms with Crippen molar-refractivity contribution in [2.75, 3.05) is 37.1 Å². The molecule has 1 aromatic carbocycles. The molecule has 33 heavy (non-hydrogen) atoms. The number of sulfone groups is 1. The molecule has 0 unspecified atom stereocenters. The average Bonchev–Trinajstić information content (AvgIpc) is 3.18. The normalized spacial score (nSPS) is 16.8. The second-order valence-corrected chi connectivity index (χ2v) is 10.8. The van der Waals surface area contributed by atoms with Crippen molar-refractivity contribution in [3.63, 3.8) is 0 Å². The first-order valence-electron chi connectivity index (χ1n) is 10.3. The zero-order valence-corrected chi connectivity index (χ0v) is 19.5. The van der Waals surface area contributed by atoms with Crippen LogP contribution in [0.1, 0.15) is 18.4 Å². The summed E-state index contributed by atoms with van der Waals surface area (Å²) in [5.74, 6) is 0.156. The van der Waals surface area contributed by atoms with Crippen molar-refractivity contribution in [1.29, 1.82) is 0 Å². The number of amidine groups is 1. The first kappa shape index (κ1) is 23.4. The van der Waals surface area contributed by atoms with Gasteiger partial charge in [0, 0.05) is 43.2 Å². The predicted octanol–water partition coefficient (Wildman–Crippen LogP) is 3.04. The lowest BCUT2D eigenvalue weighted by Crippen LogP contribution is -2.41. The molecular formula is C21H24ClFN6O3S. The molecule has 0 atom stereocenters. The fraction of sp³-hybridized carbons (Fsp3) is 0.381. The Kier molecular flexibility index (Phi) is 6.55. The van der Waals surface area contributed by atoms with E-state index in [1.165, 1.54) is 24.5 Å². The summed E-state index contributed by atoms with van der Waals surface area (Å²) in [5.41, 5.74) is 7.73. The Morgan fingerprint density at radius 3 is 2.82 bits per heavy atom. The van der Waals surface area contributed by atoms with Gasteiger partial charge in [-0.3, -0.25) is 0 Å². The number of imidazole rings is 1. The summed E-state index contributed by atoms with van der Waals surface area (Å²) >= 11 is 5.83. The zero-order chi connectivity index (χ0) is 23.6. The molecule has 4 N–H and O–H groups in total. The van der Waals surface area contributed by atoms with E-state index in [1.54, 1.807) is 12.3 Å². The molecule has 1 saturated heterocycles. The van der Waals surface area contributed by atoms with E-state index in [0.717, 1.165) is 0 Å². The number of hydrogen-bond donors (Lipinski definition) is 3. The number of H-pyrrole nitrogens is 1. The van der Waals surface area contributed by atoms with E-state index in [-0.39, 0.29) is 16.6 Å². The number of pyridine rings is 1. The Morgan fingerprint density at radius 1 is 1.36 bits per heavy atom. The van der Waals surface area contributed by atoms with Gasteiger partial charge in [-0.15, -0.1) is 0 Å². The monoisotopic (exact) mass is 494 g/mol. The number of benzene rings is 1. The number of rotatable bonds is 7. The van der Waals surface area contributed by atoms with Crippen molar-refractivity contribution in [2.45, 2.75) is 12.8 Å². The molecule has 0 spiro atoms. The van der Waals surface area contributed by atoms with E-state index in [1.807, 2.05) is 0 Å². The minimum atomic E-state index is -3.17. The topological polar surface area (TPSA) is 135 Å². The Balaban J connectivity index is 1.59. The fourth-order valence-corrected chi connectivity index (χ4v) is 5.64. The number of nitrogens with two attached hydrogens (primary N) is 1. The minimum Gasteiger partial charge on any atom is -0.383 e. The molecule has 1 fully saturated rings. The molecule has 0 bridgehead atoms. The van der Waals surface area contributed by atoms with E-state index in [9.17, 15) is 12.8 Å². The second-order valence-electron chi connectivity index (χ2n) is 8.27. The molecule has 3 heterocycles. The fourth-order valence-electron chi connectivity index (χ4n) is 3.97. The number of anilines is 1. The lowest BCUT2D eigenvalue weighted by molar-refractivity contribution is 0.0314. The first-order chi connectivity index (χ1) is 15.6. The van der Waals surface area contributed by atoms with Crippen LogP contribution < -0.4 is 11.1 Å². The number of fused-ring (bicyclic) bond motifs is 1. The standard InChI is InChI=1S/C21H24ClFN6O3S/c1-33(30,31)12-21(5-8-32-9-6-21)11-26-20-28-17-14(4-7-25-19(17)29-20)18(24)27-13-2-3-16(23)15(22)10-13/h2-4,7,10H,5-6,8-9,11-12H2,1H3,(H2,24,27)(H2,25,26,28,29). The number of aromatic amines is 1. The number of aromatic nitrogens is 3. The highest BCUT2D eigenvalue weighted by Crippen LogP contribution is 2.32. The molecule has 0 saturated carbocycles. The van der Waals surface area contributed by atoms with Gasteiger partial charge in [0.05, 0.1) is 22.0 Å². The van der Waals surface area contributed by atoms with Crippen molar-refractivity contribution in [1.82, 2.24) is 15.0 Å². The summed E-state index contributed by atoms with van der Waals surface area (Å²) < 4.78 is 42.9. The molecule has 0 amide bonds. The molecule has 1 aliphatic rings. The predicted molar refractivity (Wildman–Crippen MR) is 126 cm³/mol. The number of ether oxygens (including phenoxy) is 1. The lowest BCUT2D eigenvalue weighted by Gasteiger charge is -2.36. The molecule has 4 rings (SSSR count). The number of nitrogens with one attached hydrogen (secondary N) is 2. The van der Waals surface area contributed by atoms with Crippen LogP contribution in [0.25, 0.3) is 11.2 Å². The molecule has 3 aromatic rings. The van der Waals surface area contributed by atoms with E-state index >= 15 is 0 Å². The first-order valence-corrected chi connectivity index (χ1v) is 12.7. The Bertz CT molecular complexity index is 1300. The maximum atomic E-state index is 13.4. The summed E-state index contributed by atoms with van der Waals surface area (Å²) in [6.07, 6.45) is 4.08. The van der Waals surface area contributed by atoms with E-state index in [0.29, 0.717) is 61.0 Å². The van der Waals surface area contributed by atoms with Gasteiger partial charge in [-0.2, -0.15) is 4.98 Å². The van der Waals surface area contributed by atoms with Gasteiger partial charge in [0.25, 0.3) is 0 Å². The SMILES string of the molecule is CS(=O)(=O)CC1(CNc2nc3nccc(C(N)=Nc4ccc(F)c(Cl)c4)c3[nH]2)CCOCC1. The van der Waals surface area contributed by atoms with Crippen LogP contribution in [-0.2, 0) is 14.6 Å². The summed E-state index contributed by atoms with van der Waals surface area (Å²) in [5, 5.41) is 3.18. The smallest absolute Gasteiger partial charge is 0.202 e. The maximum Gasteiger partial charge on any atom is 0.202 e. The number of aliphatic imine (C=N–C) groups is 1. The van der Waals surface area contributed by atoms with E-state index in [2.05, 4.69) is 25.3 Å². The van der Waals surface area contributed by atoms with Crippen LogP contribution in [0.4, 0.5) is 16.0 Å². The van der Waals surface area contributed by atoms with Crippen molar-refractivity contribution in [3.8, 4) is 0 Å². The van der Waals surface area contributed by atoms with Crippen LogP contribution in [-0.4, -0.2) is 61.0 Å². The molecule has 2 aromatic heterocycles. The number of halogens is 2. The van der Waals surface area contributed by atoms with Gasteiger partial charge < -0.3 is 20.8 Å². The van der Waals surface area contributed by atoms with Crippen LogP contribution in [0.15, 0.2) is 35.5 Å². The third-order valence-electron chi connectivity index (χ3n) is 5.57. The largest absolute Gasteiger partial charge is 0.383 e. The van der Waals surface area contributed by atoms with Crippen LogP contribution in [0.2, 0.25) is 5.02 Å². The van der Waals surface area contributed by atoms with Crippen LogP contribution in [0.3, 0.4) is 0 Å². The highest BCUT2D eigenvalue weighted by atomic mass is 35.5. The van der Waals surface area contributed by atoms with E-state index < -0.39 is 21.1 Å². The summed E-state index contributed by atoms with van der Waals surface area (Å²) in [4.78, 5) is 16.2. The molecule has 0 aliphatic carbocycles. The van der Waals surface area contributed by atoms with Crippen LogP contribution in [0.5, 0.6) is 0 Å². The Hall–Kier alpha value is -2.76. The molecule has 1 aliphatic heterocycles. The molecular weight excluding hydrogens is 471 g/mol. The third-order valence-corrected chi connectivity index (χ3v) is 7.00. The highest BCUT2D eigenvalue weighted by Gasteiger charge is 2.36. The number of nitrogens with zero attached hydrogens (tertiary/aromatic N) is 3. The van der Waals surface area contributed by atoms with E-state index in [4.69, 9.17) is 22.1 Å². The molecule has 176 valence electrons. The lowest BCUT2D eigenvalue weighted by atomic mass is 9.82. The van der Waals surface area contributed by atoms with Crippen molar-refractivity contribution in [2.24, 2.45) is 16.1 Å². The van der Waals surface area contributed by atoms with Gasteiger partial charge in [-0.1, -0.05) is 11.6 Å². The van der Waals surface area contributed by atoms with Crippen molar-refractivity contribution in [3.05, 3.63) is 46.9 Å². The van der Waals surface area contributed by atoms with Gasteiger partial charge in [-0.25, -0.2) is 22.8 Å². The molecule has 12 heteroatoms. The Labute approximate surface area is 195 Å². The van der Waals surface area contributed by atoms with Crippen LogP contribution >= 0.6 is 11.6 Å². The quantitative estimate of drug-likeness (QED) is 0.339. The van der Waals surface area contributed by atoms with Crippen molar-refractivity contribution < 1.29 is 17.5 Å². The maximum absolute atomic E-state index is 13.4. The summed E-state index contributed by atoms with van der Waals surface area (Å²) in [6, 6.07) is 5.77. The second kappa shape index (κ2) is 9.24. The van der Waals surface area contributed by atoms with Gasteiger partial charge >= 0.3 is 0 Å². The van der Waals surface area contributed by atoms with Gasteiger partial charge in [-0.05, 0) is 37.1 Å². The average molecular weight is 495 g/mol. The van der Waals surface area contributed by atoms with Gasteiger partial charge in [0.15, 0.2) is 5.65 Å². The summed E-state index contributed by atoms with van der Waals surface area (Å²) in [6.45, 7) is 1.45. The summed E-state index contributed by atoms with van der Waals surface area (Å²) in [7, 11) is -3.17. The number of hydrogen-bond acceptors (Lipinski definition) is 7. The third kappa shape index (κ3) is 5.60. The zero-order valence-electron chi connectivity index (χ0n) is 17.9. The molecule has 9 nitrogen and oxygen atoms in total.